The maximum atomic E-state index is 10.5. The van der Waals surface area contributed by atoms with Crippen LogP contribution in [0, 0.1) is 0 Å². The van der Waals surface area contributed by atoms with Gasteiger partial charge in [0.25, 0.3) is 0 Å². The van der Waals surface area contributed by atoms with Crippen molar-refractivity contribution in [3.63, 3.8) is 0 Å². The summed E-state index contributed by atoms with van der Waals surface area (Å²) in [6.07, 6.45) is 1.49. The molecule has 0 saturated carbocycles. The predicted octanol–water partition coefficient (Wildman–Crippen LogP) is 3.16. The average Bonchev–Trinajstić information content (AvgIpc) is 2.68. The highest BCUT2D eigenvalue weighted by molar-refractivity contribution is 5.75. The van der Waals surface area contributed by atoms with Crippen molar-refractivity contribution in [2.75, 3.05) is 23.7 Å². The summed E-state index contributed by atoms with van der Waals surface area (Å²) >= 11 is 0. The fraction of sp³-hybridized carbons (Fsp3) is 0.286. The van der Waals surface area contributed by atoms with E-state index in [1.807, 2.05) is 12.1 Å². The zero-order valence-electron chi connectivity index (χ0n) is 15.5. The number of phenols is 1. The Hall–Kier alpha value is -2.83. The summed E-state index contributed by atoms with van der Waals surface area (Å²) in [5.41, 5.74) is 4.11. The van der Waals surface area contributed by atoms with E-state index in [-0.39, 0.29) is 11.4 Å². The fourth-order valence-electron chi connectivity index (χ4n) is 2.58. The van der Waals surface area contributed by atoms with Gasteiger partial charge in [0.05, 0.1) is 11.8 Å². The normalized spacial score (nSPS) is 11.6. The molecule has 2 aromatic carbocycles. The van der Waals surface area contributed by atoms with E-state index < -0.39 is 6.10 Å². The van der Waals surface area contributed by atoms with Crippen molar-refractivity contribution < 1.29 is 15.0 Å². The van der Waals surface area contributed by atoms with E-state index in [1.165, 1.54) is 11.6 Å². The third kappa shape index (κ3) is 6.44. The number of amides is 1. The van der Waals surface area contributed by atoms with Gasteiger partial charge in [0.2, 0.25) is 6.41 Å². The van der Waals surface area contributed by atoms with Gasteiger partial charge in [-0.1, -0.05) is 31.7 Å². The molecule has 6 nitrogen and oxygen atoms in total. The second-order valence-corrected chi connectivity index (χ2v) is 6.29. The van der Waals surface area contributed by atoms with Gasteiger partial charge in [-0.25, -0.2) is 0 Å². The molecule has 0 spiro atoms. The molecule has 1 unspecified atom stereocenters. The Morgan fingerprint density at radius 3 is 2.63 bits per heavy atom. The lowest BCUT2D eigenvalue weighted by molar-refractivity contribution is -0.105. The summed E-state index contributed by atoms with van der Waals surface area (Å²) in [5, 5.41) is 28.8. The first-order valence-electron chi connectivity index (χ1n) is 8.99. The van der Waals surface area contributed by atoms with Crippen molar-refractivity contribution in [1.29, 1.82) is 0 Å². The lowest BCUT2D eigenvalue weighted by Gasteiger charge is -2.14. The molecular formula is C21H27N3O3. The predicted molar refractivity (Wildman–Crippen MR) is 109 cm³/mol. The van der Waals surface area contributed by atoms with Gasteiger partial charge in [-0.05, 0) is 54.8 Å². The van der Waals surface area contributed by atoms with Crippen LogP contribution in [0.1, 0.15) is 30.6 Å². The second-order valence-electron chi connectivity index (χ2n) is 6.29. The molecule has 0 aliphatic carbocycles. The first kappa shape index (κ1) is 20.5. The highest BCUT2D eigenvalue weighted by Gasteiger charge is 2.10. The van der Waals surface area contributed by atoms with Crippen molar-refractivity contribution in [2.45, 2.75) is 25.9 Å². The summed E-state index contributed by atoms with van der Waals surface area (Å²) < 4.78 is 0. The zero-order chi connectivity index (χ0) is 19.6. The highest BCUT2D eigenvalue weighted by Crippen LogP contribution is 2.26. The van der Waals surface area contributed by atoms with Crippen LogP contribution in [0.15, 0.2) is 54.7 Å². The summed E-state index contributed by atoms with van der Waals surface area (Å²) in [5.74, 6) is -0.0357. The Labute approximate surface area is 159 Å². The Balaban J connectivity index is 1.78. The van der Waals surface area contributed by atoms with Gasteiger partial charge in [-0.2, -0.15) is 0 Å². The Morgan fingerprint density at radius 1 is 1.22 bits per heavy atom. The van der Waals surface area contributed by atoms with Crippen molar-refractivity contribution in [3.05, 3.63) is 65.9 Å². The average molecular weight is 369 g/mol. The maximum absolute atomic E-state index is 10.5. The fourth-order valence-corrected chi connectivity index (χ4v) is 2.58. The smallest absolute Gasteiger partial charge is 0.211 e. The van der Waals surface area contributed by atoms with Crippen LogP contribution in [0.5, 0.6) is 5.75 Å². The molecule has 27 heavy (non-hydrogen) atoms. The van der Waals surface area contributed by atoms with Crippen LogP contribution in [0.25, 0.3) is 0 Å². The van der Waals surface area contributed by atoms with E-state index in [9.17, 15) is 15.0 Å². The standard InChI is InChI=1S/C21H27N3O3/c1-3-15(2)24-18-7-4-16(5-8-18)10-11-22-13-21(27)17-6-9-20(26)19(12-17)23-14-25/h4-9,12,14,21-22,24,26-27H,2-3,10-11,13H2,1H3,(H,23,25). The van der Waals surface area contributed by atoms with Crippen LogP contribution in [-0.2, 0) is 11.2 Å². The van der Waals surface area contributed by atoms with Crippen molar-refractivity contribution in [1.82, 2.24) is 5.32 Å². The number of allylic oxidation sites excluding steroid dienone is 1. The molecule has 0 saturated heterocycles. The number of aromatic hydroxyl groups is 1. The zero-order valence-corrected chi connectivity index (χ0v) is 15.5. The molecule has 0 aromatic heterocycles. The number of carbonyl (C=O) groups excluding carboxylic acids is 1. The minimum absolute atomic E-state index is 0.0357. The monoisotopic (exact) mass is 369 g/mol. The first-order valence-corrected chi connectivity index (χ1v) is 8.99. The number of benzene rings is 2. The largest absolute Gasteiger partial charge is 0.506 e. The number of nitrogens with one attached hydrogen (secondary N) is 3. The van der Waals surface area contributed by atoms with Gasteiger partial charge in [0, 0.05) is 17.9 Å². The van der Waals surface area contributed by atoms with Gasteiger partial charge in [-0.3, -0.25) is 4.79 Å². The summed E-state index contributed by atoms with van der Waals surface area (Å²) in [6.45, 7) is 7.09. The molecule has 0 bridgehead atoms. The quantitative estimate of drug-likeness (QED) is 0.238. The number of hydrogen-bond acceptors (Lipinski definition) is 5. The van der Waals surface area contributed by atoms with E-state index >= 15 is 0 Å². The minimum atomic E-state index is -0.732. The molecule has 2 rings (SSSR count). The number of aliphatic hydroxyl groups is 1. The van der Waals surface area contributed by atoms with Crippen LogP contribution >= 0.6 is 0 Å². The van der Waals surface area contributed by atoms with Crippen LogP contribution in [-0.4, -0.2) is 29.7 Å². The van der Waals surface area contributed by atoms with Crippen molar-refractivity contribution >= 4 is 17.8 Å². The molecule has 1 atom stereocenters. The van der Waals surface area contributed by atoms with Gasteiger partial charge < -0.3 is 26.2 Å². The molecule has 0 fully saturated rings. The van der Waals surface area contributed by atoms with E-state index in [0.717, 1.165) is 30.8 Å². The summed E-state index contributed by atoms with van der Waals surface area (Å²) in [6, 6.07) is 12.8. The van der Waals surface area contributed by atoms with Crippen molar-refractivity contribution in [2.24, 2.45) is 0 Å². The van der Waals surface area contributed by atoms with E-state index in [1.54, 1.807) is 12.1 Å². The maximum Gasteiger partial charge on any atom is 0.211 e. The molecule has 6 heteroatoms. The molecule has 0 aliphatic heterocycles. The topological polar surface area (TPSA) is 93.6 Å². The van der Waals surface area contributed by atoms with Gasteiger partial charge in [0.15, 0.2) is 0 Å². The van der Waals surface area contributed by atoms with Gasteiger partial charge in [0.1, 0.15) is 5.75 Å². The highest BCUT2D eigenvalue weighted by atomic mass is 16.3. The third-order valence-electron chi connectivity index (χ3n) is 4.25. The molecule has 0 radical (unpaired) electrons. The molecule has 0 heterocycles. The van der Waals surface area contributed by atoms with Crippen LogP contribution in [0.2, 0.25) is 0 Å². The third-order valence-corrected chi connectivity index (χ3v) is 4.25. The molecule has 0 aliphatic rings. The Bertz CT molecular complexity index is 760. The van der Waals surface area contributed by atoms with Gasteiger partial charge in [-0.15, -0.1) is 0 Å². The second kappa shape index (κ2) is 10.4. The van der Waals surface area contributed by atoms with Crippen LogP contribution < -0.4 is 16.0 Å². The minimum Gasteiger partial charge on any atom is -0.506 e. The Kier molecular flexibility index (Phi) is 7.85. The SMILES string of the molecule is C=C(CC)Nc1ccc(CCNCC(O)c2ccc(O)c(NC=O)c2)cc1. The Morgan fingerprint density at radius 2 is 1.96 bits per heavy atom. The molecule has 1 amide bonds. The van der Waals surface area contributed by atoms with E-state index in [0.29, 0.717) is 18.5 Å². The van der Waals surface area contributed by atoms with Crippen LogP contribution in [0.3, 0.4) is 0 Å². The molecule has 2 aromatic rings. The molecule has 5 N–H and O–H groups in total. The van der Waals surface area contributed by atoms with E-state index in [2.05, 4.69) is 41.6 Å². The number of phenolic OH excluding ortho intramolecular Hbond substituents is 1. The van der Waals surface area contributed by atoms with Gasteiger partial charge >= 0.3 is 0 Å². The number of aliphatic hydroxyl groups excluding tert-OH is 1. The summed E-state index contributed by atoms with van der Waals surface area (Å²) in [4.78, 5) is 10.5. The van der Waals surface area contributed by atoms with E-state index in [4.69, 9.17) is 0 Å². The number of carbonyl (C=O) groups is 1. The first-order chi connectivity index (χ1) is 13.0. The van der Waals surface area contributed by atoms with Crippen LogP contribution in [0.4, 0.5) is 11.4 Å². The summed E-state index contributed by atoms with van der Waals surface area (Å²) in [7, 11) is 0. The lowest BCUT2D eigenvalue weighted by atomic mass is 10.1. The number of rotatable bonds is 11. The molecule has 144 valence electrons. The lowest BCUT2D eigenvalue weighted by Crippen LogP contribution is -2.23. The number of hydrogen-bond donors (Lipinski definition) is 5. The number of anilines is 2. The van der Waals surface area contributed by atoms with Crippen molar-refractivity contribution in [3.8, 4) is 5.75 Å². The molecular weight excluding hydrogens is 342 g/mol.